The minimum Gasteiger partial charge on any atom is -0.456 e. The lowest BCUT2D eigenvalue weighted by Gasteiger charge is -2.28. The second kappa shape index (κ2) is 13.9. The molecule has 1 saturated heterocycles. The summed E-state index contributed by atoms with van der Waals surface area (Å²) in [5, 5.41) is 11.0. The molecule has 4 rings (SSSR count). The average Bonchev–Trinajstić information content (AvgIpc) is 3.64. The summed E-state index contributed by atoms with van der Waals surface area (Å²) in [7, 11) is 1.69. The Morgan fingerprint density at radius 2 is 2.00 bits per heavy atom. The third-order valence-corrected chi connectivity index (χ3v) is 7.72. The van der Waals surface area contributed by atoms with Gasteiger partial charge in [-0.2, -0.15) is 0 Å². The van der Waals surface area contributed by atoms with Gasteiger partial charge in [-0.15, -0.1) is 0 Å². The molecule has 0 radical (unpaired) electrons. The van der Waals surface area contributed by atoms with Gasteiger partial charge >= 0.3 is 5.97 Å². The molecule has 0 aromatic carbocycles. The van der Waals surface area contributed by atoms with Gasteiger partial charge in [0.15, 0.2) is 0 Å². The van der Waals surface area contributed by atoms with Crippen molar-refractivity contribution in [3.63, 3.8) is 0 Å². The molecule has 0 aromatic heterocycles. The van der Waals surface area contributed by atoms with E-state index in [0.29, 0.717) is 31.8 Å². The van der Waals surface area contributed by atoms with Crippen molar-refractivity contribution in [2.45, 2.75) is 108 Å². The van der Waals surface area contributed by atoms with E-state index < -0.39 is 18.2 Å². The van der Waals surface area contributed by atoms with Crippen molar-refractivity contribution in [1.82, 2.24) is 0 Å². The molecule has 0 spiro atoms. The first-order valence-corrected chi connectivity index (χ1v) is 14.0. The number of epoxide rings is 1. The molecule has 4 aliphatic heterocycles. The predicted octanol–water partition coefficient (Wildman–Crippen LogP) is 4.76. The second-order valence-corrected chi connectivity index (χ2v) is 11.2. The van der Waals surface area contributed by atoms with Crippen LogP contribution in [-0.2, 0) is 28.5 Å². The largest absolute Gasteiger partial charge is 0.456 e. The van der Waals surface area contributed by atoms with Crippen LogP contribution in [0, 0.1) is 5.92 Å². The van der Waals surface area contributed by atoms with Crippen molar-refractivity contribution >= 4 is 5.97 Å². The molecule has 1 fully saturated rings. The van der Waals surface area contributed by atoms with E-state index in [0.717, 1.165) is 31.3 Å². The molecular weight excluding hydrogens is 484 g/mol. The Hall–Kier alpha value is -2.03. The van der Waals surface area contributed by atoms with Crippen LogP contribution in [0.3, 0.4) is 0 Å². The molecule has 7 nitrogen and oxygen atoms in total. The summed E-state index contributed by atoms with van der Waals surface area (Å²) < 4.78 is 29.5. The lowest BCUT2D eigenvalue weighted by molar-refractivity contribution is -0.148. The number of aliphatic hydroxyl groups is 1. The summed E-state index contributed by atoms with van der Waals surface area (Å²) in [6.07, 6.45) is 16.1. The number of carbonyl (C=O) groups is 1. The van der Waals surface area contributed by atoms with Crippen LogP contribution in [0.2, 0.25) is 0 Å². The Labute approximate surface area is 227 Å². The third-order valence-electron chi connectivity index (χ3n) is 7.72. The minimum absolute atomic E-state index is 0.0668. The zero-order chi connectivity index (χ0) is 27.1. The van der Waals surface area contributed by atoms with Gasteiger partial charge in [0.05, 0.1) is 37.1 Å². The summed E-state index contributed by atoms with van der Waals surface area (Å²) in [4.78, 5) is 12.7. The molecule has 1 N–H and O–H groups in total. The fraction of sp³-hybridized carbons (Fsp3) is 0.645. The fourth-order valence-corrected chi connectivity index (χ4v) is 5.65. The number of hydrogen-bond donors (Lipinski definition) is 1. The highest BCUT2D eigenvalue weighted by atomic mass is 16.6. The molecule has 0 amide bonds. The number of rotatable bonds is 4. The van der Waals surface area contributed by atoms with E-state index >= 15 is 0 Å². The quantitative estimate of drug-likeness (QED) is 0.320. The number of aliphatic hydroxyl groups excluding tert-OH is 1. The molecule has 9 atom stereocenters. The van der Waals surface area contributed by atoms with Crippen LogP contribution in [0.4, 0.5) is 0 Å². The van der Waals surface area contributed by atoms with E-state index in [9.17, 15) is 9.90 Å². The van der Waals surface area contributed by atoms with Crippen LogP contribution in [0.1, 0.15) is 58.8 Å². The maximum Gasteiger partial charge on any atom is 0.330 e. The molecule has 2 bridgehead atoms. The van der Waals surface area contributed by atoms with Crippen molar-refractivity contribution in [1.29, 1.82) is 0 Å². The minimum atomic E-state index is -0.986. The first kappa shape index (κ1) is 29.0. The van der Waals surface area contributed by atoms with Crippen molar-refractivity contribution in [2.75, 3.05) is 13.7 Å². The molecular formula is C31H44O7. The molecule has 0 aromatic rings. The summed E-state index contributed by atoms with van der Waals surface area (Å²) in [6, 6.07) is 0. The van der Waals surface area contributed by atoms with Gasteiger partial charge in [-0.3, -0.25) is 0 Å². The van der Waals surface area contributed by atoms with Crippen LogP contribution in [0.5, 0.6) is 0 Å². The normalized spacial score (nSPS) is 38.1. The number of hydrogen-bond acceptors (Lipinski definition) is 7. The van der Waals surface area contributed by atoms with Crippen LogP contribution < -0.4 is 0 Å². The monoisotopic (exact) mass is 528 g/mol. The van der Waals surface area contributed by atoms with Crippen molar-refractivity contribution in [2.24, 2.45) is 5.92 Å². The molecule has 0 aliphatic carbocycles. The number of fused-ring (bicyclic) bond motifs is 3. The van der Waals surface area contributed by atoms with E-state index in [1.165, 1.54) is 11.6 Å². The Bertz CT molecular complexity index is 935. The summed E-state index contributed by atoms with van der Waals surface area (Å²) in [5.74, 6) is -0.0497. The third kappa shape index (κ3) is 8.75. The van der Waals surface area contributed by atoms with Gasteiger partial charge in [0, 0.05) is 19.6 Å². The smallest absolute Gasteiger partial charge is 0.330 e. The van der Waals surface area contributed by atoms with Crippen molar-refractivity contribution < 1.29 is 33.6 Å². The first-order chi connectivity index (χ1) is 18.3. The molecule has 4 heterocycles. The van der Waals surface area contributed by atoms with Gasteiger partial charge in [-0.05, 0) is 51.4 Å². The summed E-state index contributed by atoms with van der Waals surface area (Å²) in [5.41, 5.74) is 2.39. The number of cyclic esters (lactones) is 1. The Balaban J connectivity index is 1.46. The van der Waals surface area contributed by atoms with Gasteiger partial charge in [-0.1, -0.05) is 61.1 Å². The summed E-state index contributed by atoms with van der Waals surface area (Å²) >= 11 is 0. The van der Waals surface area contributed by atoms with Gasteiger partial charge in [-0.25, -0.2) is 4.79 Å². The number of ether oxygens (including phenoxy) is 5. The Kier molecular flexibility index (Phi) is 10.6. The van der Waals surface area contributed by atoms with E-state index in [-0.39, 0.29) is 36.6 Å². The second-order valence-electron chi connectivity index (χ2n) is 11.2. The highest BCUT2D eigenvalue weighted by Crippen LogP contribution is 2.36. The average molecular weight is 529 g/mol. The molecule has 7 heteroatoms. The van der Waals surface area contributed by atoms with E-state index in [1.807, 2.05) is 6.08 Å². The van der Waals surface area contributed by atoms with E-state index in [1.54, 1.807) is 19.3 Å². The van der Waals surface area contributed by atoms with Crippen LogP contribution in [0.15, 0.2) is 60.3 Å². The first-order valence-electron chi connectivity index (χ1n) is 14.0. The van der Waals surface area contributed by atoms with Crippen molar-refractivity contribution in [3.05, 3.63) is 60.3 Å². The van der Waals surface area contributed by atoms with Gasteiger partial charge < -0.3 is 28.8 Å². The number of carbonyl (C=O) groups excluding carboxylic acids is 1. The van der Waals surface area contributed by atoms with Crippen LogP contribution >= 0.6 is 0 Å². The van der Waals surface area contributed by atoms with Crippen molar-refractivity contribution in [3.8, 4) is 0 Å². The maximum absolute atomic E-state index is 12.7. The Morgan fingerprint density at radius 3 is 2.79 bits per heavy atom. The molecule has 38 heavy (non-hydrogen) atoms. The number of methoxy groups -OCH3 is 1. The molecule has 4 aliphatic rings. The van der Waals surface area contributed by atoms with Gasteiger partial charge in [0.1, 0.15) is 18.3 Å². The maximum atomic E-state index is 12.7. The van der Waals surface area contributed by atoms with Gasteiger partial charge in [0.25, 0.3) is 0 Å². The Morgan fingerprint density at radius 1 is 1.16 bits per heavy atom. The predicted molar refractivity (Wildman–Crippen MR) is 146 cm³/mol. The van der Waals surface area contributed by atoms with E-state index in [2.05, 4.69) is 38.7 Å². The molecule has 0 unspecified atom stereocenters. The molecule has 210 valence electrons. The van der Waals surface area contributed by atoms with Crippen LogP contribution in [0.25, 0.3) is 0 Å². The van der Waals surface area contributed by atoms with Crippen LogP contribution in [-0.4, -0.2) is 73.6 Å². The summed E-state index contributed by atoms with van der Waals surface area (Å²) in [6.45, 7) is 9.19. The standard InChI is InChI=1S/C31H44O7/c1-20-13-14-35-24(16-20)11-12-26(32)27-19-29-31(38-29)28(34-4)18-22(3)15-21(2)17-25-9-5-7-23(36-25)8-6-10-30(33)37-27/h5-7,10-13,21,23-29,31-32H,3,8-9,14-19H2,1-2,4H3/t21-,23-,24+,25-,26-,27-,28-,29-,31-/m0/s1. The lowest BCUT2D eigenvalue weighted by Crippen LogP contribution is -2.33. The fourth-order valence-electron chi connectivity index (χ4n) is 5.65. The highest BCUT2D eigenvalue weighted by molar-refractivity contribution is 5.82. The highest BCUT2D eigenvalue weighted by Gasteiger charge is 2.47. The molecule has 0 saturated carbocycles. The lowest BCUT2D eigenvalue weighted by atomic mass is 9.90. The van der Waals surface area contributed by atoms with E-state index in [4.69, 9.17) is 23.7 Å². The van der Waals surface area contributed by atoms with Gasteiger partial charge in [0.2, 0.25) is 0 Å². The topological polar surface area (TPSA) is 86.8 Å². The zero-order valence-corrected chi connectivity index (χ0v) is 23.0. The SMILES string of the molecule is C=C1C[C@H](C)C[C@@H]2CC=C[C@@H](CC=CC(=O)O[C@H]([C@@H](O)C=C[C@@H]3CC(C)=CCO3)C[C@@H]3O[C@H]3[C@@H](OC)C1)O2. The zero-order valence-electron chi connectivity index (χ0n) is 23.0. The number of esters is 1.